The van der Waals surface area contributed by atoms with E-state index < -0.39 is 5.97 Å². The molecule has 8 heterocycles. The molecule has 2 aliphatic heterocycles. The Kier molecular flexibility index (Phi) is 13.8. The molecule has 1 amide bonds. The average Bonchev–Trinajstić information content (AvgIpc) is 4.11. The van der Waals surface area contributed by atoms with Crippen molar-refractivity contribution in [3.05, 3.63) is 142 Å². The molecule has 0 aliphatic carbocycles. The zero-order valence-corrected chi connectivity index (χ0v) is 36.7. The number of carboxylic acid groups (broad SMARTS) is 1. The van der Waals surface area contributed by atoms with Crippen molar-refractivity contribution in [3.63, 3.8) is 0 Å². The predicted octanol–water partition coefficient (Wildman–Crippen LogP) is 8.60. The second kappa shape index (κ2) is 19.6. The number of aryl methyl sites for hydroxylation is 6. The number of H-pyrrole nitrogens is 2. The van der Waals surface area contributed by atoms with E-state index in [1.54, 1.807) is 24.8 Å². The molecule has 0 radical (unpaired) electrons. The van der Waals surface area contributed by atoms with Gasteiger partial charge in [-0.05, 0) is 163 Å². The largest absolute Gasteiger partial charge is 0.478 e. The van der Waals surface area contributed by atoms with Crippen LogP contribution in [-0.4, -0.2) is 97.2 Å². The number of nitrogens with zero attached hydrogens (tertiary/aromatic N) is 9. The fourth-order valence-corrected chi connectivity index (χ4v) is 8.69. The Morgan fingerprint density at radius 2 is 1.09 bits per heavy atom. The number of pyridine rings is 2. The van der Waals surface area contributed by atoms with Gasteiger partial charge >= 0.3 is 5.97 Å². The maximum Gasteiger partial charge on any atom is 0.335 e. The number of aromatic carboxylic acids is 1. The van der Waals surface area contributed by atoms with Gasteiger partial charge in [0.2, 0.25) is 0 Å². The van der Waals surface area contributed by atoms with Crippen molar-refractivity contribution in [2.75, 3.05) is 26.2 Å². The third-order valence-corrected chi connectivity index (χ3v) is 12.2. The fourth-order valence-electron chi connectivity index (χ4n) is 8.69. The molecule has 0 bridgehead atoms. The van der Waals surface area contributed by atoms with Crippen LogP contribution in [0.5, 0.6) is 0 Å². The predicted molar refractivity (Wildman–Crippen MR) is 249 cm³/mol. The summed E-state index contributed by atoms with van der Waals surface area (Å²) in [6.07, 6.45) is 11.9. The van der Waals surface area contributed by atoms with E-state index in [1.165, 1.54) is 24.0 Å². The summed E-state index contributed by atoms with van der Waals surface area (Å²) in [5.41, 5.74) is 13.2. The third-order valence-electron chi connectivity index (χ3n) is 12.2. The number of carboxylic acids is 1. The van der Waals surface area contributed by atoms with Gasteiger partial charge in [-0.1, -0.05) is 19.6 Å². The van der Waals surface area contributed by atoms with Crippen LogP contribution in [0.25, 0.3) is 33.8 Å². The number of likely N-dealkylation sites (tertiary alicyclic amines) is 1. The van der Waals surface area contributed by atoms with Crippen molar-refractivity contribution in [1.29, 1.82) is 0 Å². The van der Waals surface area contributed by atoms with Crippen LogP contribution >= 0.6 is 0 Å². The Labute approximate surface area is 373 Å². The quantitative estimate of drug-likeness (QED) is 0.126. The number of carbonyl (C=O) groups excluding carboxylic acids is 1. The van der Waals surface area contributed by atoms with E-state index in [4.69, 9.17) is 5.11 Å². The number of benzene rings is 2. The molecule has 15 heteroatoms. The van der Waals surface area contributed by atoms with Crippen LogP contribution in [0.3, 0.4) is 0 Å². The second-order valence-electron chi connectivity index (χ2n) is 16.7. The van der Waals surface area contributed by atoms with Crippen LogP contribution in [0.4, 0.5) is 0 Å². The molecular weight excluding hydrogens is 805 g/mol. The molecular formula is C49H58N12O3. The molecule has 0 atom stereocenters. The number of nitrogens with one attached hydrogen (secondary N) is 3. The number of carbonyl (C=O) groups is 2. The fraction of sp³-hybridized carbons (Fsp3) is 0.347. The topological polar surface area (TPSA) is 187 Å². The SMILES string of the molecule is C.Cc1nc(-c2cc(C(=O)N3CCC(c4ccn5cnnc5c4)CC3)ccc2C)c(C)[nH]1.Cc1nc(-c2cc(C(=O)O)ccc2C)c(C)[nH]1.c1cn2cnnc2cc1C1CCNCC1. The maximum atomic E-state index is 13.2. The minimum Gasteiger partial charge on any atom is -0.478 e. The van der Waals surface area contributed by atoms with Gasteiger partial charge in [0.05, 0.1) is 17.0 Å². The molecule has 8 aromatic rings. The summed E-state index contributed by atoms with van der Waals surface area (Å²) in [5, 5.41) is 28.4. The van der Waals surface area contributed by atoms with Crippen molar-refractivity contribution in [2.45, 2.75) is 86.5 Å². The van der Waals surface area contributed by atoms with E-state index in [0.29, 0.717) is 11.8 Å². The van der Waals surface area contributed by atoms with Gasteiger partial charge < -0.3 is 25.3 Å². The minimum absolute atomic E-state index is 0. The molecule has 2 saturated heterocycles. The minimum atomic E-state index is -0.920. The first-order valence-electron chi connectivity index (χ1n) is 21.5. The van der Waals surface area contributed by atoms with E-state index in [-0.39, 0.29) is 18.9 Å². The summed E-state index contributed by atoms with van der Waals surface area (Å²) in [6.45, 7) is 15.6. The number of fused-ring (bicyclic) bond motifs is 2. The lowest BCUT2D eigenvalue weighted by atomic mass is 9.89. The summed E-state index contributed by atoms with van der Waals surface area (Å²) in [7, 11) is 0. The average molecular weight is 863 g/mol. The van der Waals surface area contributed by atoms with Gasteiger partial charge in [-0.15, -0.1) is 20.4 Å². The first-order valence-corrected chi connectivity index (χ1v) is 21.5. The van der Waals surface area contributed by atoms with Gasteiger partial charge in [-0.25, -0.2) is 14.8 Å². The van der Waals surface area contributed by atoms with Gasteiger partial charge in [0.15, 0.2) is 11.3 Å². The van der Waals surface area contributed by atoms with Crippen LogP contribution in [-0.2, 0) is 0 Å². The van der Waals surface area contributed by atoms with Gasteiger partial charge in [-0.3, -0.25) is 13.6 Å². The highest BCUT2D eigenvalue weighted by atomic mass is 16.4. The van der Waals surface area contributed by atoms with Crippen LogP contribution in [0.2, 0.25) is 0 Å². The Balaban J connectivity index is 0.000000157. The summed E-state index contributed by atoms with van der Waals surface area (Å²) in [6, 6.07) is 19.6. The van der Waals surface area contributed by atoms with E-state index in [2.05, 4.69) is 76.8 Å². The van der Waals surface area contributed by atoms with Gasteiger partial charge in [0.1, 0.15) is 24.3 Å². The summed E-state index contributed by atoms with van der Waals surface area (Å²) >= 11 is 0. The summed E-state index contributed by atoms with van der Waals surface area (Å²) < 4.78 is 3.87. The molecule has 6 aromatic heterocycles. The summed E-state index contributed by atoms with van der Waals surface area (Å²) in [4.78, 5) is 41.6. The van der Waals surface area contributed by atoms with E-state index in [1.807, 2.05) is 85.0 Å². The number of aromatic amines is 2. The molecule has 10 rings (SSSR count). The highest BCUT2D eigenvalue weighted by Gasteiger charge is 2.26. The van der Waals surface area contributed by atoms with Crippen LogP contribution in [0.15, 0.2) is 85.7 Å². The van der Waals surface area contributed by atoms with Crippen molar-refractivity contribution in [2.24, 2.45) is 0 Å². The molecule has 0 spiro atoms. The Bertz CT molecular complexity index is 2890. The molecule has 0 unspecified atom stereocenters. The lowest BCUT2D eigenvalue weighted by molar-refractivity contribution is 0.0693. The Morgan fingerprint density at radius 1 is 0.625 bits per heavy atom. The molecule has 332 valence electrons. The number of piperidine rings is 2. The lowest BCUT2D eigenvalue weighted by Gasteiger charge is -2.32. The third kappa shape index (κ3) is 9.94. The van der Waals surface area contributed by atoms with Crippen molar-refractivity contribution >= 4 is 23.2 Å². The molecule has 0 saturated carbocycles. The lowest BCUT2D eigenvalue weighted by Crippen LogP contribution is -2.38. The highest BCUT2D eigenvalue weighted by Crippen LogP contribution is 2.31. The molecule has 64 heavy (non-hydrogen) atoms. The van der Waals surface area contributed by atoms with Crippen molar-refractivity contribution in [1.82, 2.24) is 59.3 Å². The molecule has 2 aromatic carbocycles. The number of amides is 1. The van der Waals surface area contributed by atoms with Gasteiger partial charge in [0, 0.05) is 53.6 Å². The van der Waals surface area contributed by atoms with Crippen LogP contribution in [0.1, 0.15) is 111 Å². The van der Waals surface area contributed by atoms with Gasteiger partial charge in [0.25, 0.3) is 5.91 Å². The van der Waals surface area contributed by atoms with Crippen LogP contribution in [0, 0.1) is 41.5 Å². The number of hydrogen-bond donors (Lipinski definition) is 4. The number of rotatable bonds is 6. The Morgan fingerprint density at radius 3 is 1.56 bits per heavy atom. The van der Waals surface area contributed by atoms with E-state index in [0.717, 1.165) is 113 Å². The van der Waals surface area contributed by atoms with E-state index in [9.17, 15) is 9.59 Å². The van der Waals surface area contributed by atoms with Crippen molar-refractivity contribution < 1.29 is 14.7 Å². The van der Waals surface area contributed by atoms with Crippen molar-refractivity contribution in [3.8, 4) is 22.5 Å². The monoisotopic (exact) mass is 862 g/mol. The first-order chi connectivity index (χ1) is 30.4. The second-order valence-corrected chi connectivity index (χ2v) is 16.7. The molecule has 4 N–H and O–H groups in total. The Hall–Kier alpha value is -7.00. The molecule has 2 fully saturated rings. The summed E-state index contributed by atoms with van der Waals surface area (Å²) in [5.74, 6) is 2.02. The molecule has 2 aliphatic rings. The first kappa shape index (κ1) is 45.0. The number of imidazole rings is 2. The highest BCUT2D eigenvalue weighted by molar-refractivity contribution is 5.96. The number of aromatic nitrogens is 10. The maximum absolute atomic E-state index is 13.2. The normalized spacial score (nSPS) is 14.4. The smallest absolute Gasteiger partial charge is 0.335 e. The van der Waals surface area contributed by atoms with Gasteiger partial charge in [-0.2, -0.15) is 0 Å². The standard InChI is InChI=1S/C24H26N6O.C13H14N2O2.C11H14N4.CH4/c1-15-4-5-20(12-21(15)23-16(2)26-17(3)27-23)24(31)29-9-6-18(7-10-29)19-8-11-30-14-25-28-22(30)13-19;1-7-4-5-10(13(16)17)6-11(7)12-8(2)14-9(3)15-12;1-4-12-5-2-9(1)10-3-6-15-8-13-14-11(15)7-10;/h4-5,8,11-14,18H,6-7,9-10H2,1-3H3,(H,26,27);4-6H,1-3H3,(H,14,15)(H,16,17);3,6-9,12H,1-2,4-5H2;1H4. The number of hydrogen-bond acceptors (Lipinski definition) is 9. The van der Waals surface area contributed by atoms with E-state index >= 15 is 0 Å². The van der Waals surface area contributed by atoms with Crippen LogP contribution < -0.4 is 5.32 Å². The zero-order chi connectivity index (χ0) is 44.2. The zero-order valence-electron chi connectivity index (χ0n) is 36.7. The molecule has 15 nitrogen and oxygen atoms in total.